The molecule has 0 saturated carbocycles. The van der Waals surface area contributed by atoms with E-state index in [9.17, 15) is 4.79 Å². The zero-order valence-corrected chi connectivity index (χ0v) is 16.8. The molecule has 0 spiro atoms. The van der Waals surface area contributed by atoms with Crippen LogP contribution in [0.3, 0.4) is 0 Å². The minimum Gasteiger partial charge on any atom is -0.493 e. The van der Waals surface area contributed by atoms with Crippen LogP contribution in [0.25, 0.3) is 0 Å². The summed E-state index contributed by atoms with van der Waals surface area (Å²) >= 11 is 1.76. The fraction of sp³-hybridized carbons (Fsp3) is 0.450. The summed E-state index contributed by atoms with van der Waals surface area (Å²) in [6, 6.07) is 8.29. The summed E-state index contributed by atoms with van der Waals surface area (Å²) in [4.78, 5) is 16.1. The van der Waals surface area contributed by atoms with Crippen molar-refractivity contribution in [2.24, 2.45) is 0 Å². The smallest absolute Gasteiger partial charge is 0.234 e. The zero-order chi connectivity index (χ0) is 19.2. The van der Waals surface area contributed by atoms with E-state index in [1.807, 2.05) is 12.1 Å². The molecule has 1 aliphatic rings. The van der Waals surface area contributed by atoms with Crippen LogP contribution in [0.4, 0.5) is 0 Å². The van der Waals surface area contributed by atoms with Crippen molar-refractivity contribution in [1.82, 2.24) is 10.2 Å². The monoisotopic (exact) mass is 390 g/mol. The first-order valence-corrected chi connectivity index (χ1v) is 9.87. The molecule has 1 amide bonds. The van der Waals surface area contributed by atoms with Gasteiger partial charge in [0.25, 0.3) is 0 Å². The van der Waals surface area contributed by atoms with Gasteiger partial charge >= 0.3 is 0 Å². The molecule has 2 aromatic rings. The lowest BCUT2D eigenvalue weighted by atomic mass is 10.1. The fourth-order valence-electron chi connectivity index (χ4n) is 3.50. The van der Waals surface area contributed by atoms with Gasteiger partial charge in [-0.25, -0.2) is 0 Å². The van der Waals surface area contributed by atoms with E-state index in [-0.39, 0.29) is 5.91 Å². The standard InChI is InChI=1S/C20H26N2O4S/c1-24-16-10-14(11-17(25-2)20(16)26-3)12-21-19(23)13-22-8-4-6-15(22)18-7-5-9-27-18/h5,7,9-11,15H,4,6,8,12-13H2,1-3H3,(H,21,23)/t15-/m1/s1. The van der Waals surface area contributed by atoms with Crippen molar-refractivity contribution in [3.05, 3.63) is 40.1 Å². The minimum absolute atomic E-state index is 0.0206. The van der Waals surface area contributed by atoms with Gasteiger partial charge in [-0.3, -0.25) is 9.69 Å². The van der Waals surface area contributed by atoms with E-state index < -0.39 is 0 Å². The zero-order valence-electron chi connectivity index (χ0n) is 16.0. The quantitative estimate of drug-likeness (QED) is 0.750. The van der Waals surface area contributed by atoms with E-state index in [1.165, 1.54) is 4.88 Å². The van der Waals surface area contributed by atoms with Crippen molar-refractivity contribution in [2.45, 2.75) is 25.4 Å². The number of carbonyl (C=O) groups excluding carboxylic acids is 1. The van der Waals surface area contributed by atoms with E-state index >= 15 is 0 Å². The van der Waals surface area contributed by atoms with E-state index in [1.54, 1.807) is 32.7 Å². The number of ether oxygens (including phenoxy) is 3. The predicted molar refractivity (Wildman–Crippen MR) is 106 cm³/mol. The summed E-state index contributed by atoms with van der Waals surface area (Å²) in [7, 11) is 4.73. The lowest BCUT2D eigenvalue weighted by Gasteiger charge is -2.23. The number of nitrogens with one attached hydrogen (secondary N) is 1. The second kappa shape index (κ2) is 9.10. The van der Waals surface area contributed by atoms with Crippen LogP contribution in [0.1, 0.15) is 29.3 Å². The normalized spacial score (nSPS) is 16.9. The summed E-state index contributed by atoms with van der Waals surface area (Å²) < 4.78 is 16.1. The molecule has 1 aromatic heterocycles. The van der Waals surface area contributed by atoms with E-state index in [2.05, 4.69) is 27.7 Å². The van der Waals surface area contributed by atoms with Gasteiger partial charge in [0, 0.05) is 17.5 Å². The fourth-order valence-corrected chi connectivity index (χ4v) is 4.39. The van der Waals surface area contributed by atoms with Crippen LogP contribution >= 0.6 is 11.3 Å². The Balaban J connectivity index is 1.60. The van der Waals surface area contributed by atoms with Gasteiger partial charge in [-0.1, -0.05) is 6.07 Å². The predicted octanol–water partition coefficient (Wildman–Crippen LogP) is 3.23. The molecule has 27 heavy (non-hydrogen) atoms. The Morgan fingerprint density at radius 3 is 2.56 bits per heavy atom. The number of likely N-dealkylation sites (tertiary alicyclic amines) is 1. The second-order valence-corrected chi connectivity index (χ2v) is 7.43. The number of thiophene rings is 1. The van der Waals surface area contributed by atoms with Crippen LogP contribution in [0, 0.1) is 0 Å². The summed E-state index contributed by atoms with van der Waals surface area (Å²) in [5.74, 6) is 1.73. The Kier molecular flexibility index (Phi) is 6.58. The highest BCUT2D eigenvalue weighted by Crippen LogP contribution is 2.38. The Morgan fingerprint density at radius 1 is 1.22 bits per heavy atom. The number of rotatable bonds is 8. The number of methoxy groups -OCH3 is 3. The van der Waals surface area contributed by atoms with Gasteiger partial charge in [0.05, 0.1) is 27.9 Å². The summed E-state index contributed by atoms with van der Waals surface area (Å²) in [5, 5.41) is 5.10. The molecule has 1 aromatic carbocycles. The van der Waals surface area contributed by atoms with Crippen LogP contribution in [0.15, 0.2) is 29.6 Å². The van der Waals surface area contributed by atoms with Gasteiger partial charge in [-0.2, -0.15) is 0 Å². The highest BCUT2D eigenvalue weighted by Gasteiger charge is 2.28. The topological polar surface area (TPSA) is 60.0 Å². The van der Waals surface area contributed by atoms with E-state index in [0.717, 1.165) is 24.9 Å². The number of hydrogen-bond donors (Lipinski definition) is 1. The van der Waals surface area contributed by atoms with Crippen molar-refractivity contribution in [1.29, 1.82) is 0 Å². The third-order valence-electron chi connectivity index (χ3n) is 4.80. The molecule has 0 radical (unpaired) electrons. The highest BCUT2D eigenvalue weighted by molar-refractivity contribution is 7.10. The molecule has 1 aliphatic heterocycles. The molecular weight excluding hydrogens is 364 g/mol. The van der Waals surface area contributed by atoms with Crippen LogP contribution in [0.2, 0.25) is 0 Å². The van der Waals surface area contributed by atoms with Crippen molar-refractivity contribution in [3.63, 3.8) is 0 Å². The van der Waals surface area contributed by atoms with Crippen molar-refractivity contribution < 1.29 is 19.0 Å². The van der Waals surface area contributed by atoms with Gasteiger partial charge in [0.2, 0.25) is 11.7 Å². The molecule has 1 atom stereocenters. The van der Waals surface area contributed by atoms with E-state index in [0.29, 0.717) is 36.4 Å². The Labute approximate surface area is 164 Å². The molecular formula is C20H26N2O4S. The first-order chi connectivity index (χ1) is 13.2. The van der Waals surface area contributed by atoms with Crippen LogP contribution in [-0.2, 0) is 11.3 Å². The Bertz CT molecular complexity index is 738. The molecule has 2 heterocycles. The average molecular weight is 391 g/mol. The molecule has 0 bridgehead atoms. The van der Waals surface area contributed by atoms with Crippen molar-refractivity contribution >= 4 is 17.2 Å². The van der Waals surface area contributed by atoms with Crippen molar-refractivity contribution in [3.8, 4) is 17.2 Å². The third kappa shape index (κ3) is 4.54. The second-order valence-electron chi connectivity index (χ2n) is 6.45. The first kappa shape index (κ1) is 19.5. The molecule has 3 rings (SSSR count). The molecule has 146 valence electrons. The average Bonchev–Trinajstić information content (AvgIpc) is 3.36. The number of hydrogen-bond acceptors (Lipinski definition) is 6. The first-order valence-electron chi connectivity index (χ1n) is 8.99. The largest absolute Gasteiger partial charge is 0.493 e. The molecule has 1 fully saturated rings. The molecule has 1 saturated heterocycles. The molecule has 6 nitrogen and oxygen atoms in total. The summed E-state index contributed by atoms with van der Waals surface area (Å²) in [6.45, 7) is 1.78. The van der Waals surface area contributed by atoms with Gasteiger partial charge in [0.1, 0.15) is 0 Å². The maximum Gasteiger partial charge on any atom is 0.234 e. The Hall–Kier alpha value is -2.25. The van der Waals surface area contributed by atoms with Gasteiger partial charge in [-0.05, 0) is 48.5 Å². The van der Waals surface area contributed by atoms with Crippen LogP contribution < -0.4 is 19.5 Å². The number of benzene rings is 1. The van der Waals surface area contributed by atoms with E-state index in [4.69, 9.17) is 14.2 Å². The maximum atomic E-state index is 12.5. The summed E-state index contributed by atoms with van der Waals surface area (Å²) in [6.07, 6.45) is 2.24. The van der Waals surface area contributed by atoms with Gasteiger partial charge < -0.3 is 19.5 Å². The number of carbonyl (C=O) groups is 1. The van der Waals surface area contributed by atoms with Gasteiger partial charge in [-0.15, -0.1) is 11.3 Å². The number of amides is 1. The third-order valence-corrected chi connectivity index (χ3v) is 5.77. The van der Waals surface area contributed by atoms with Gasteiger partial charge in [0.15, 0.2) is 11.5 Å². The van der Waals surface area contributed by atoms with Crippen LogP contribution in [-0.4, -0.2) is 45.2 Å². The molecule has 1 N–H and O–H groups in total. The molecule has 7 heteroatoms. The Morgan fingerprint density at radius 2 is 1.96 bits per heavy atom. The number of nitrogens with zero attached hydrogens (tertiary/aromatic N) is 1. The molecule has 0 aliphatic carbocycles. The highest BCUT2D eigenvalue weighted by atomic mass is 32.1. The minimum atomic E-state index is 0.0206. The SMILES string of the molecule is COc1cc(CNC(=O)CN2CCC[C@@H]2c2cccs2)cc(OC)c1OC. The molecule has 0 unspecified atom stereocenters. The van der Waals surface area contributed by atoms with Crippen molar-refractivity contribution in [2.75, 3.05) is 34.4 Å². The lowest BCUT2D eigenvalue weighted by Crippen LogP contribution is -2.36. The summed E-state index contributed by atoms with van der Waals surface area (Å²) in [5.41, 5.74) is 0.897. The van der Waals surface area contributed by atoms with Crippen LogP contribution in [0.5, 0.6) is 17.2 Å². The maximum absolute atomic E-state index is 12.5. The lowest BCUT2D eigenvalue weighted by molar-refractivity contribution is -0.122.